The van der Waals surface area contributed by atoms with Crippen LogP contribution >= 0.6 is 0 Å². The van der Waals surface area contributed by atoms with E-state index in [9.17, 15) is 14.0 Å². The van der Waals surface area contributed by atoms with Crippen LogP contribution in [0.4, 0.5) is 32.1 Å². The van der Waals surface area contributed by atoms with Crippen molar-refractivity contribution in [3.63, 3.8) is 0 Å². The van der Waals surface area contributed by atoms with Crippen molar-refractivity contribution >= 4 is 41.1 Å². The van der Waals surface area contributed by atoms with E-state index in [4.69, 9.17) is 10.5 Å². The monoisotopic (exact) mass is 566 g/mol. The summed E-state index contributed by atoms with van der Waals surface area (Å²) in [6.45, 7) is 12.0. The molecule has 2 heterocycles. The summed E-state index contributed by atoms with van der Waals surface area (Å²) in [6, 6.07) is 4.41. The third-order valence-electron chi connectivity index (χ3n) is 7.77. The molecular formula is C31H43FN6O3. The summed E-state index contributed by atoms with van der Waals surface area (Å²) in [5.74, 6) is -0.381. The molecule has 1 aromatic carbocycles. The number of nitrogen functional groups attached to an aromatic ring is 1. The molecule has 1 atom stereocenters. The lowest BCUT2D eigenvalue weighted by Gasteiger charge is -2.31. The maximum Gasteiger partial charge on any atom is 0.327 e. The Labute approximate surface area is 242 Å². The minimum absolute atomic E-state index is 0.0205. The van der Waals surface area contributed by atoms with Crippen LogP contribution in [0, 0.1) is 17.2 Å². The minimum Gasteiger partial charge on any atom is -0.460 e. The van der Waals surface area contributed by atoms with Crippen LogP contribution < -0.4 is 20.9 Å². The van der Waals surface area contributed by atoms with E-state index in [2.05, 4.69) is 27.1 Å². The molecule has 2 aromatic rings. The second kappa shape index (κ2) is 12.0. The molecule has 1 unspecified atom stereocenters. The number of esters is 1. The Bertz CT molecular complexity index is 1320. The van der Waals surface area contributed by atoms with Gasteiger partial charge >= 0.3 is 12.0 Å². The van der Waals surface area contributed by atoms with E-state index in [-0.39, 0.29) is 28.7 Å². The Kier molecular flexibility index (Phi) is 8.89. The van der Waals surface area contributed by atoms with Crippen molar-refractivity contribution in [3.05, 3.63) is 41.3 Å². The number of aromatic nitrogens is 1. The van der Waals surface area contributed by atoms with Gasteiger partial charge in [-0.15, -0.1) is 0 Å². The van der Waals surface area contributed by atoms with Crippen molar-refractivity contribution < 1.29 is 18.7 Å². The number of nitrogens with one attached hydrogen (secondary N) is 1. The molecule has 1 aliphatic carbocycles. The van der Waals surface area contributed by atoms with Gasteiger partial charge in [0.1, 0.15) is 17.2 Å². The van der Waals surface area contributed by atoms with E-state index >= 15 is 0 Å². The average Bonchev–Trinajstić information content (AvgIpc) is 3.45. The molecule has 0 saturated heterocycles. The van der Waals surface area contributed by atoms with Gasteiger partial charge in [-0.1, -0.05) is 13.8 Å². The first kappa shape index (κ1) is 30.3. The van der Waals surface area contributed by atoms with Crippen LogP contribution in [-0.2, 0) is 16.0 Å². The first-order valence-corrected chi connectivity index (χ1v) is 14.4. The Morgan fingerprint density at radius 1 is 1.34 bits per heavy atom. The first-order valence-electron chi connectivity index (χ1n) is 14.4. The van der Waals surface area contributed by atoms with E-state index < -0.39 is 17.4 Å². The van der Waals surface area contributed by atoms with Gasteiger partial charge in [0.2, 0.25) is 0 Å². The standard InChI is InChI=1S/C31H43FN6O3/c1-7-20(28(39)41-30(2,3)4)9-14-37(19-31(5)11-12-31)25-8-13-35-27-23(25)10-15-38(27)29(40)36-22-16-21(18-34-6)26(33)24(32)17-22/h8,13,16-18,20H,7,9-12,14-15,19,33H2,1-6H3,(H,36,40). The van der Waals surface area contributed by atoms with Crippen LogP contribution in [0.2, 0.25) is 0 Å². The van der Waals surface area contributed by atoms with Gasteiger partial charge < -0.3 is 20.7 Å². The van der Waals surface area contributed by atoms with Crippen molar-refractivity contribution in [2.45, 2.75) is 72.3 Å². The van der Waals surface area contributed by atoms with Gasteiger partial charge in [0.15, 0.2) is 0 Å². The number of aliphatic imine (C=N–C) groups is 1. The number of pyridine rings is 1. The lowest BCUT2D eigenvalue weighted by atomic mass is 10.00. The summed E-state index contributed by atoms with van der Waals surface area (Å²) >= 11 is 0. The molecule has 41 heavy (non-hydrogen) atoms. The summed E-state index contributed by atoms with van der Waals surface area (Å²) in [5.41, 5.74) is 8.23. The van der Waals surface area contributed by atoms with E-state index in [1.165, 1.54) is 12.3 Å². The number of halogens is 1. The molecule has 2 aliphatic rings. The number of urea groups is 1. The zero-order chi connectivity index (χ0) is 29.9. The molecule has 9 nitrogen and oxygen atoms in total. The molecule has 10 heteroatoms. The highest BCUT2D eigenvalue weighted by Gasteiger charge is 2.40. The summed E-state index contributed by atoms with van der Waals surface area (Å²) in [7, 11) is 1.57. The highest BCUT2D eigenvalue weighted by atomic mass is 19.1. The number of hydrogen-bond acceptors (Lipinski definition) is 7. The molecule has 2 amide bonds. The van der Waals surface area contributed by atoms with Gasteiger partial charge in [0.05, 0.1) is 11.6 Å². The third-order valence-corrected chi connectivity index (χ3v) is 7.77. The van der Waals surface area contributed by atoms with Crippen LogP contribution in [0.15, 0.2) is 29.4 Å². The normalized spacial score (nSPS) is 16.4. The Morgan fingerprint density at radius 2 is 2.07 bits per heavy atom. The number of ether oxygens (including phenoxy) is 1. The van der Waals surface area contributed by atoms with E-state index in [0.717, 1.165) is 30.6 Å². The van der Waals surface area contributed by atoms with Crippen molar-refractivity contribution in [1.29, 1.82) is 0 Å². The van der Waals surface area contributed by atoms with Crippen LogP contribution in [0.3, 0.4) is 0 Å². The number of carbonyl (C=O) groups excluding carboxylic acids is 2. The highest BCUT2D eigenvalue weighted by molar-refractivity contribution is 6.03. The molecule has 0 radical (unpaired) electrons. The predicted octanol–water partition coefficient (Wildman–Crippen LogP) is 5.81. The second-order valence-corrected chi connectivity index (χ2v) is 12.5. The fourth-order valence-corrected chi connectivity index (χ4v) is 5.22. The van der Waals surface area contributed by atoms with Crippen molar-refractivity contribution in [2.24, 2.45) is 16.3 Å². The number of anilines is 4. The molecule has 1 fully saturated rings. The Hall–Kier alpha value is -3.69. The number of benzene rings is 1. The number of fused-ring (bicyclic) bond motifs is 1. The predicted molar refractivity (Wildman–Crippen MR) is 162 cm³/mol. The van der Waals surface area contributed by atoms with E-state index in [0.29, 0.717) is 43.7 Å². The van der Waals surface area contributed by atoms with Crippen LogP contribution in [0.1, 0.15) is 71.4 Å². The second-order valence-electron chi connectivity index (χ2n) is 12.5. The number of nitrogens with zero attached hydrogens (tertiary/aromatic N) is 4. The van der Waals surface area contributed by atoms with Gasteiger partial charge in [-0.05, 0) is 76.5 Å². The lowest BCUT2D eigenvalue weighted by molar-refractivity contribution is -0.160. The zero-order valence-electron chi connectivity index (χ0n) is 25.1. The fourth-order valence-electron chi connectivity index (χ4n) is 5.22. The average molecular weight is 567 g/mol. The Morgan fingerprint density at radius 3 is 2.71 bits per heavy atom. The van der Waals surface area contributed by atoms with Crippen molar-refractivity contribution in [3.8, 4) is 0 Å². The zero-order valence-corrected chi connectivity index (χ0v) is 25.1. The van der Waals surface area contributed by atoms with Crippen molar-refractivity contribution in [1.82, 2.24) is 4.98 Å². The maximum atomic E-state index is 14.4. The molecule has 4 rings (SSSR count). The number of nitrogens with two attached hydrogens (primary N) is 1. The fraction of sp³-hybridized carbons (Fsp3) is 0.548. The van der Waals surface area contributed by atoms with Gasteiger partial charge in [-0.2, -0.15) is 0 Å². The molecule has 0 bridgehead atoms. The highest BCUT2D eigenvalue weighted by Crippen LogP contribution is 2.47. The summed E-state index contributed by atoms with van der Waals surface area (Å²) in [5, 5.41) is 2.79. The SMILES string of the molecule is CCC(CCN(CC1(C)CC1)c1ccnc2c1CCN2C(=O)Nc1cc(F)c(N)c(C=NC)c1)C(=O)OC(C)(C)C. The van der Waals surface area contributed by atoms with E-state index in [1.54, 1.807) is 24.2 Å². The van der Waals surface area contributed by atoms with Crippen molar-refractivity contribution in [2.75, 3.05) is 47.5 Å². The number of carbonyl (C=O) groups is 2. The topological polar surface area (TPSA) is 113 Å². The van der Waals surface area contributed by atoms with Gasteiger partial charge in [-0.25, -0.2) is 14.2 Å². The number of hydrogen-bond donors (Lipinski definition) is 2. The molecule has 0 spiro atoms. The number of amides is 2. The molecule has 1 saturated carbocycles. The van der Waals surface area contributed by atoms with E-state index in [1.807, 2.05) is 33.8 Å². The third kappa shape index (κ3) is 7.34. The largest absolute Gasteiger partial charge is 0.460 e. The van der Waals surface area contributed by atoms with Crippen LogP contribution in [0.25, 0.3) is 0 Å². The molecule has 3 N–H and O–H groups in total. The Balaban J connectivity index is 1.54. The molecule has 222 valence electrons. The minimum atomic E-state index is -0.624. The van der Waals surface area contributed by atoms with Crippen LogP contribution in [0.5, 0.6) is 0 Å². The number of rotatable bonds is 10. The molecule has 1 aromatic heterocycles. The first-order chi connectivity index (χ1) is 19.3. The maximum absolute atomic E-state index is 14.4. The lowest BCUT2D eigenvalue weighted by Crippen LogP contribution is -2.35. The van der Waals surface area contributed by atoms with Gasteiger partial charge in [0, 0.05) is 61.6 Å². The quantitative estimate of drug-likeness (QED) is 0.213. The smallest absolute Gasteiger partial charge is 0.327 e. The molecule has 1 aliphatic heterocycles. The summed E-state index contributed by atoms with van der Waals surface area (Å²) in [4.78, 5) is 38.6. The summed E-state index contributed by atoms with van der Waals surface area (Å²) in [6.07, 6.45) is 7.54. The van der Waals surface area contributed by atoms with Gasteiger partial charge in [0.25, 0.3) is 0 Å². The van der Waals surface area contributed by atoms with Crippen LogP contribution in [-0.4, -0.2) is 55.5 Å². The van der Waals surface area contributed by atoms with Gasteiger partial charge in [-0.3, -0.25) is 14.7 Å². The summed E-state index contributed by atoms with van der Waals surface area (Å²) < 4.78 is 20.1. The molecular weight excluding hydrogens is 523 g/mol.